The number of nitrogens with one attached hydrogen (secondary N) is 1. The Bertz CT molecular complexity index is 992. The number of aromatic nitrogens is 1. The molecule has 0 aliphatic carbocycles. The second-order valence-corrected chi connectivity index (χ2v) is 6.71. The summed E-state index contributed by atoms with van der Waals surface area (Å²) in [7, 11) is 0. The molecule has 0 bridgehead atoms. The van der Waals surface area contributed by atoms with Crippen LogP contribution in [0.4, 0.5) is 11.4 Å². The highest BCUT2D eigenvalue weighted by Gasteiger charge is 2.15. The fourth-order valence-corrected chi connectivity index (χ4v) is 3.25. The number of ether oxygens (including phenoxy) is 2. The third-order valence-electron chi connectivity index (χ3n) is 4.74. The first-order valence-corrected chi connectivity index (χ1v) is 9.69. The Balaban J connectivity index is 1.49. The average Bonchev–Trinajstić information content (AvgIpc) is 2.78. The van der Waals surface area contributed by atoms with Gasteiger partial charge in [0.2, 0.25) is 0 Å². The lowest BCUT2D eigenvalue weighted by molar-refractivity contribution is 0.102. The summed E-state index contributed by atoms with van der Waals surface area (Å²) < 4.78 is 11.1. The Morgan fingerprint density at radius 1 is 1.03 bits per heavy atom. The van der Waals surface area contributed by atoms with Gasteiger partial charge in [-0.05, 0) is 36.8 Å². The van der Waals surface area contributed by atoms with Crippen LogP contribution in [0.2, 0.25) is 0 Å². The molecule has 1 aliphatic rings. The first-order chi connectivity index (χ1) is 14.2. The highest BCUT2D eigenvalue weighted by Crippen LogP contribution is 2.32. The van der Waals surface area contributed by atoms with Crippen LogP contribution in [0.1, 0.15) is 23.0 Å². The lowest BCUT2D eigenvalue weighted by Crippen LogP contribution is -2.23. The van der Waals surface area contributed by atoms with Crippen LogP contribution in [0.15, 0.2) is 66.9 Å². The Morgan fingerprint density at radius 2 is 1.83 bits per heavy atom. The van der Waals surface area contributed by atoms with E-state index < -0.39 is 0 Å². The maximum atomic E-state index is 12.7. The molecule has 0 unspecified atom stereocenters. The number of hydrogen-bond donors (Lipinski definition) is 1. The molecule has 0 fully saturated rings. The number of rotatable bonds is 6. The van der Waals surface area contributed by atoms with Gasteiger partial charge in [-0.2, -0.15) is 0 Å². The van der Waals surface area contributed by atoms with Gasteiger partial charge in [-0.3, -0.25) is 9.78 Å². The topological polar surface area (TPSA) is 63.7 Å². The van der Waals surface area contributed by atoms with Gasteiger partial charge in [0, 0.05) is 36.7 Å². The van der Waals surface area contributed by atoms with E-state index in [0.29, 0.717) is 36.1 Å². The molecule has 29 heavy (non-hydrogen) atoms. The molecule has 6 nitrogen and oxygen atoms in total. The van der Waals surface area contributed by atoms with Crippen LogP contribution in [0, 0.1) is 0 Å². The van der Waals surface area contributed by atoms with Crippen molar-refractivity contribution in [2.45, 2.75) is 13.5 Å². The average molecular weight is 389 g/mol. The van der Waals surface area contributed by atoms with Crippen molar-refractivity contribution in [2.75, 3.05) is 30.0 Å². The Hall–Kier alpha value is -3.54. The third kappa shape index (κ3) is 4.48. The largest absolute Gasteiger partial charge is 0.486 e. The highest BCUT2D eigenvalue weighted by molar-refractivity contribution is 6.03. The predicted molar refractivity (Wildman–Crippen MR) is 113 cm³/mol. The Kier molecular flexibility index (Phi) is 5.61. The zero-order valence-corrected chi connectivity index (χ0v) is 16.3. The van der Waals surface area contributed by atoms with Gasteiger partial charge in [0.15, 0.2) is 11.5 Å². The molecule has 6 heteroatoms. The van der Waals surface area contributed by atoms with Crippen molar-refractivity contribution in [2.24, 2.45) is 0 Å². The first-order valence-electron chi connectivity index (χ1n) is 9.69. The quantitative estimate of drug-likeness (QED) is 0.687. The summed E-state index contributed by atoms with van der Waals surface area (Å²) in [6, 6.07) is 19.4. The minimum atomic E-state index is -0.265. The van der Waals surface area contributed by atoms with Crippen LogP contribution < -0.4 is 19.7 Å². The van der Waals surface area contributed by atoms with Crippen molar-refractivity contribution in [1.82, 2.24) is 4.98 Å². The van der Waals surface area contributed by atoms with Crippen molar-refractivity contribution in [3.8, 4) is 11.5 Å². The number of carbonyl (C=O) groups is 1. The first kappa shape index (κ1) is 18.8. The van der Waals surface area contributed by atoms with Crippen molar-refractivity contribution in [1.29, 1.82) is 0 Å². The van der Waals surface area contributed by atoms with Gasteiger partial charge in [0.1, 0.15) is 18.9 Å². The molecular formula is C23H23N3O3. The molecule has 1 amide bonds. The molecule has 2 heterocycles. The normalized spacial score (nSPS) is 12.3. The number of anilines is 2. The van der Waals surface area contributed by atoms with Gasteiger partial charge in [0.05, 0.1) is 0 Å². The molecule has 3 aromatic rings. The van der Waals surface area contributed by atoms with E-state index in [0.717, 1.165) is 18.8 Å². The summed E-state index contributed by atoms with van der Waals surface area (Å²) >= 11 is 0. The molecule has 0 spiro atoms. The number of hydrogen-bond acceptors (Lipinski definition) is 5. The molecule has 148 valence electrons. The summed E-state index contributed by atoms with van der Waals surface area (Å²) in [5.41, 5.74) is 3.18. The predicted octanol–water partition coefficient (Wildman–Crippen LogP) is 4.13. The van der Waals surface area contributed by atoms with Crippen LogP contribution in [0.3, 0.4) is 0 Å². The molecular weight excluding hydrogens is 366 g/mol. The summed E-state index contributed by atoms with van der Waals surface area (Å²) in [5.74, 6) is 1.06. The van der Waals surface area contributed by atoms with Crippen molar-refractivity contribution < 1.29 is 14.3 Å². The van der Waals surface area contributed by atoms with Crippen molar-refractivity contribution in [3.63, 3.8) is 0 Å². The lowest BCUT2D eigenvalue weighted by atomic mass is 10.2. The van der Waals surface area contributed by atoms with Gasteiger partial charge < -0.3 is 19.7 Å². The van der Waals surface area contributed by atoms with E-state index in [2.05, 4.69) is 34.3 Å². The van der Waals surface area contributed by atoms with E-state index in [4.69, 9.17) is 9.47 Å². The van der Waals surface area contributed by atoms with Crippen LogP contribution in [-0.2, 0) is 6.54 Å². The minimum absolute atomic E-state index is 0.265. The minimum Gasteiger partial charge on any atom is -0.486 e. The second-order valence-electron chi connectivity index (χ2n) is 6.71. The Labute approximate surface area is 170 Å². The SMILES string of the molecule is CCN(Cc1ccccc1)c1ccnc(C(=O)Nc2ccc3c(c2)OCCO3)c1. The summed E-state index contributed by atoms with van der Waals surface area (Å²) in [6.07, 6.45) is 1.67. The molecule has 1 aromatic heterocycles. The fraction of sp³-hybridized carbons (Fsp3) is 0.217. The number of pyridine rings is 1. The summed E-state index contributed by atoms with van der Waals surface area (Å²) in [5, 5.41) is 2.89. The molecule has 0 atom stereocenters. The van der Waals surface area contributed by atoms with E-state index in [1.807, 2.05) is 30.3 Å². The van der Waals surface area contributed by atoms with E-state index in [1.165, 1.54) is 5.56 Å². The van der Waals surface area contributed by atoms with Gasteiger partial charge in [-0.15, -0.1) is 0 Å². The standard InChI is InChI=1S/C23H23N3O3/c1-2-26(16-17-6-4-3-5-7-17)19-10-11-24-20(15-19)23(27)25-18-8-9-21-22(14-18)29-13-12-28-21/h3-11,14-15H,2,12-13,16H2,1H3,(H,25,27). The summed E-state index contributed by atoms with van der Waals surface area (Å²) in [4.78, 5) is 19.2. The Morgan fingerprint density at radius 3 is 2.62 bits per heavy atom. The number of benzene rings is 2. The van der Waals surface area contributed by atoms with E-state index in [-0.39, 0.29) is 5.91 Å². The molecule has 2 aromatic carbocycles. The number of amides is 1. The van der Waals surface area contributed by atoms with Crippen LogP contribution in [-0.4, -0.2) is 30.6 Å². The highest BCUT2D eigenvalue weighted by atomic mass is 16.6. The second kappa shape index (κ2) is 8.65. The number of fused-ring (bicyclic) bond motifs is 1. The molecule has 1 aliphatic heterocycles. The van der Waals surface area contributed by atoms with Crippen molar-refractivity contribution in [3.05, 3.63) is 78.1 Å². The van der Waals surface area contributed by atoms with Crippen LogP contribution in [0.25, 0.3) is 0 Å². The molecule has 0 radical (unpaired) electrons. The maximum absolute atomic E-state index is 12.7. The molecule has 0 saturated carbocycles. The summed E-state index contributed by atoms with van der Waals surface area (Å²) in [6.45, 7) is 4.72. The van der Waals surface area contributed by atoms with Gasteiger partial charge in [0.25, 0.3) is 5.91 Å². The van der Waals surface area contributed by atoms with E-state index in [9.17, 15) is 4.79 Å². The number of nitrogens with zero attached hydrogens (tertiary/aromatic N) is 2. The lowest BCUT2D eigenvalue weighted by Gasteiger charge is -2.23. The van der Waals surface area contributed by atoms with Gasteiger partial charge in [-0.25, -0.2) is 0 Å². The zero-order chi connectivity index (χ0) is 20.1. The van der Waals surface area contributed by atoms with Crippen LogP contribution >= 0.6 is 0 Å². The van der Waals surface area contributed by atoms with Crippen LogP contribution in [0.5, 0.6) is 11.5 Å². The third-order valence-corrected chi connectivity index (χ3v) is 4.74. The molecule has 4 rings (SSSR count). The smallest absolute Gasteiger partial charge is 0.274 e. The molecule has 1 N–H and O–H groups in total. The van der Waals surface area contributed by atoms with Crippen molar-refractivity contribution >= 4 is 17.3 Å². The zero-order valence-electron chi connectivity index (χ0n) is 16.3. The number of carbonyl (C=O) groups excluding carboxylic acids is 1. The van der Waals surface area contributed by atoms with E-state index in [1.54, 1.807) is 24.4 Å². The fourth-order valence-electron chi connectivity index (χ4n) is 3.25. The van der Waals surface area contributed by atoms with E-state index >= 15 is 0 Å². The monoisotopic (exact) mass is 389 g/mol. The van der Waals surface area contributed by atoms with Gasteiger partial charge >= 0.3 is 0 Å². The van der Waals surface area contributed by atoms with Gasteiger partial charge in [-0.1, -0.05) is 30.3 Å². The maximum Gasteiger partial charge on any atom is 0.274 e. The molecule has 0 saturated heterocycles.